The van der Waals surface area contributed by atoms with Crippen molar-refractivity contribution in [3.05, 3.63) is 82.9 Å². The van der Waals surface area contributed by atoms with Crippen molar-refractivity contribution in [1.82, 2.24) is 5.32 Å². The molecular weight excluding hydrogens is 412 g/mol. The molecule has 0 spiro atoms. The summed E-state index contributed by atoms with van der Waals surface area (Å²) in [4.78, 5) is 12.1. The number of hydrogen-bond acceptors (Lipinski definition) is 3. The van der Waals surface area contributed by atoms with Crippen molar-refractivity contribution < 1.29 is 14.3 Å². The highest BCUT2D eigenvalue weighted by molar-refractivity contribution is 6.30. The van der Waals surface area contributed by atoms with E-state index < -0.39 is 0 Å². The van der Waals surface area contributed by atoms with E-state index in [4.69, 9.17) is 21.1 Å². The molecule has 6 heteroatoms. The van der Waals surface area contributed by atoms with Crippen LogP contribution in [0.1, 0.15) is 24.0 Å². The van der Waals surface area contributed by atoms with Gasteiger partial charge in [-0.1, -0.05) is 41.9 Å². The first-order chi connectivity index (χ1) is 15.1. The van der Waals surface area contributed by atoms with Crippen molar-refractivity contribution in [2.45, 2.75) is 25.5 Å². The number of nitrogens with one attached hydrogen (secondary N) is 2. The Morgan fingerprint density at radius 2 is 1.90 bits per heavy atom. The molecule has 3 aromatic carbocycles. The van der Waals surface area contributed by atoms with Crippen molar-refractivity contribution in [1.29, 1.82) is 0 Å². The first kappa shape index (κ1) is 21.2. The van der Waals surface area contributed by atoms with E-state index in [0.29, 0.717) is 11.6 Å². The summed E-state index contributed by atoms with van der Waals surface area (Å²) in [5, 5.41) is 6.37. The highest BCUT2D eigenvalue weighted by Crippen LogP contribution is 2.33. The topological polar surface area (TPSA) is 59.6 Å². The summed E-state index contributed by atoms with van der Waals surface area (Å²) in [6, 6.07) is 21.5. The average molecular weight is 437 g/mol. The maximum atomic E-state index is 12.1. The Kier molecular flexibility index (Phi) is 6.75. The van der Waals surface area contributed by atoms with Gasteiger partial charge in [0, 0.05) is 22.9 Å². The molecule has 160 valence electrons. The molecule has 0 radical (unpaired) electrons. The number of ether oxygens (including phenoxy) is 2. The van der Waals surface area contributed by atoms with Gasteiger partial charge in [-0.25, -0.2) is 4.79 Å². The molecule has 5 nitrogen and oxygen atoms in total. The second kappa shape index (κ2) is 9.86. The standard InChI is InChI=1S/C25H25ClN2O3/c1-30-23-12-9-18(15-22(23)19-4-2-5-20(26)16-19)14-17-7-10-21(11-8-17)27-25(29)28-24-6-3-13-31-24/h2,4-5,7-12,15-16,24H,3,6,13-14H2,1H3,(H2,27,28,29). The minimum atomic E-state index is -0.249. The molecule has 4 rings (SSSR count). The fourth-order valence-electron chi connectivity index (χ4n) is 3.69. The molecule has 2 amide bonds. The third-order valence-electron chi connectivity index (χ3n) is 5.24. The summed E-state index contributed by atoms with van der Waals surface area (Å²) in [7, 11) is 1.67. The molecule has 0 aliphatic carbocycles. The van der Waals surface area contributed by atoms with E-state index in [0.717, 1.165) is 53.0 Å². The molecule has 3 aromatic rings. The number of hydrogen-bond donors (Lipinski definition) is 2. The number of anilines is 1. The van der Waals surface area contributed by atoms with Crippen molar-refractivity contribution in [2.24, 2.45) is 0 Å². The Hall–Kier alpha value is -3.02. The maximum absolute atomic E-state index is 12.1. The SMILES string of the molecule is COc1ccc(Cc2ccc(NC(=O)NC3CCCO3)cc2)cc1-c1cccc(Cl)c1. The fraction of sp³-hybridized carbons (Fsp3) is 0.240. The first-order valence-corrected chi connectivity index (χ1v) is 10.7. The normalized spacial score (nSPS) is 15.5. The quantitative estimate of drug-likeness (QED) is 0.508. The van der Waals surface area contributed by atoms with Gasteiger partial charge in [0.2, 0.25) is 0 Å². The predicted molar refractivity (Wildman–Crippen MR) is 124 cm³/mol. The van der Waals surface area contributed by atoms with Crippen LogP contribution in [0.15, 0.2) is 66.7 Å². The summed E-state index contributed by atoms with van der Waals surface area (Å²) in [5.41, 5.74) is 5.07. The van der Waals surface area contributed by atoms with E-state index in [1.807, 2.05) is 54.6 Å². The van der Waals surface area contributed by atoms with Gasteiger partial charge in [0.15, 0.2) is 0 Å². The third-order valence-corrected chi connectivity index (χ3v) is 5.48. The van der Waals surface area contributed by atoms with Gasteiger partial charge in [-0.15, -0.1) is 0 Å². The number of urea groups is 1. The van der Waals surface area contributed by atoms with Crippen LogP contribution in [0.5, 0.6) is 5.75 Å². The van der Waals surface area contributed by atoms with E-state index in [2.05, 4.69) is 22.8 Å². The van der Waals surface area contributed by atoms with Gasteiger partial charge in [-0.05, 0) is 72.4 Å². The second-order valence-corrected chi connectivity index (χ2v) is 7.96. The fourth-order valence-corrected chi connectivity index (χ4v) is 3.88. The van der Waals surface area contributed by atoms with Gasteiger partial charge in [0.25, 0.3) is 0 Å². The minimum absolute atomic E-state index is 0.192. The Bertz CT molecular complexity index is 1050. The van der Waals surface area contributed by atoms with Crippen molar-refractivity contribution in [2.75, 3.05) is 19.0 Å². The van der Waals surface area contributed by atoms with E-state index in [-0.39, 0.29) is 12.3 Å². The van der Waals surface area contributed by atoms with E-state index in [1.54, 1.807) is 7.11 Å². The molecule has 1 fully saturated rings. The van der Waals surface area contributed by atoms with Crippen LogP contribution in [0.2, 0.25) is 5.02 Å². The predicted octanol–water partition coefficient (Wildman–Crippen LogP) is 5.86. The largest absolute Gasteiger partial charge is 0.496 e. The van der Waals surface area contributed by atoms with Gasteiger partial charge < -0.3 is 20.1 Å². The molecule has 31 heavy (non-hydrogen) atoms. The zero-order chi connectivity index (χ0) is 21.6. The van der Waals surface area contributed by atoms with Crippen molar-refractivity contribution >= 4 is 23.3 Å². The molecule has 1 aliphatic rings. The molecule has 0 bridgehead atoms. The lowest BCUT2D eigenvalue weighted by atomic mass is 9.98. The number of halogens is 1. The lowest BCUT2D eigenvalue weighted by Gasteiger charge is -2.13. The highest BCUT2D eigenvalue weighted by atomic mass is 35.5. The van der Waals surface area contributed by atoms with Crippen LogP contribution in [0.3, 0.4) is 0 Å². The Labute approximate surface area is 187 Å². The number of methoxy groups -OCH3 is 1. The van der Waals surface area contributed by atoms with Gasteiger partial charge >= 0.3 is 6.03 Å². The van der Waals surface area contributed by atoms with Crippen LogP contribution >= 0.6 is 11.6 Å². The number of carbonyl (C=O) groups excluding carboxylic acids is 1. The third kappa shape index (κ3) is 5.57. The summed E-state index contributed by atoms with van der Waals surface area (Å²) in [6.45, 7) is 0.698. The lowest BCUT2D eigenvalue weighted by molar-refractivity contribution is 0.0928. The zero-order valence-corrected chi connectivity index (χ0v) is 18.1. The van der Waals surface area contributed by atoms with Crippen LogP contribution in [0, 0.1) is 0 Å². The molecule has 2 N–H and O–H groups in total. The number of benzene rings is 3. The molecular formula is C25H25ClN2O3. The Balaban J connectivity index is 1.44. The average Bonchev–Trinajstić information content (AvgIpc) is 3.28. The van der Waals surface area contributed by atoms with E-state index in [9.17, 15) is 4.79 Å². The molecule has 1 saturated heterocycles. The van der Waals surface area contributed by atoms with Crippen LogP contribution in [-0.4, -0.2) is 26.0 Å². The Morgan fingerprint density at radius 1 is 1.10 bits per heavy atom. The molecule has 1 heterocycles. The number of amides is 2. The van der Waals surface area contributed by atoms with Gasteiger partial charge in [0.1, 0.15) is 12.0 Å². The molecule has 0 aromatic heterocycles. The van der Waals surface area contributed by atoms with E-state index in [1.165, 1.54) is 0 Å². The van der Waals surface area contributed by atoms with Gasteiger partial charge in [0.05, 0.1) is 7.11 Å². The van der Waals surface area contributed by atoms with Crippen LogP contribution in [-0.2, 0) is 11.2 Å². The van der Waals surface area contributed by atoms with Crippen LogP contribution < -0.4 is 15.4 Å². The smallest absolute Gasteiger partial charge is 0.321 e. The van der Waals surface area contributed by atoms with E-state index >= 15 is 0 Å². The summed E-state index contributed by atoms with van der Waals surface area (Å²) in [6.07, 6.45) is 2.40. The summed E-state index contributed by atoms with van der Waals surface area (Å²) < 4.78 is 11.0. The maximum Gasteiger partial charge on any atom is 0.321 e. The van der Waals surface area contributed by atoms with Crippen LogP contribution in [0.4, 0.5) is 10.5 Å². The second-order valence-electron chi connectivity index (χ2n) is 7.52. The zero-order valence-electron chi connectivity index (χ0n) is 17.4. The van der Waals surface area contributed by atoms with Gasteiger partial charge in [-0.2, -0.15) is 0 Å². The van der Waals surface area contributed by atoms with Crippen molar-refractivity contribution in [3.63, 3.8) is 0 Å². The number of carbonyl (C=O) groups is 1. The highest BCUT2D eigenvalue weighted by Gasteiger charge is 2.17. The van der Waals surface area contributed by atoms with Crippen LogP contribution in [0.25, 0.3) is 11.1 Å². The summed E-state index contributed by atoms with van der Waals surface area (Å²) in [5.74, 6) is 0.808. The molecule has 1 aliphatic heterocycles. The Morgan fingerprint density at radius 3 is 2.61 bits per heavy atom. The molecule has 1 unspecified atom stereocenters. The molecule has 1 atom stereocenters. The number of rotatable bonds is 6. The monoisotopic (exact) mass is 436 g/mol. The molecule has 0 saturated carbocycles. The van der Waals surface area contributed by atoms with Gasteiger partial charge in [-0.3, -0.25) is 0 Å². The lowest BCUT2D eigenvalue weighted by Crippen LogP contribution is -2.37. The minimum Gasteiger partial charge on any atom is -0.496 e. The summed E-state index contributed by atoms with van der Waals surface area (Å²) >= 11 is 6.18. The van der Waals surface area contributed by atoms with Crippen molar-refractivity contribution in [3.8, 4) is 16.9 Å². The first-order valence-electron chi connectivity index (χ1n) is 10.3.